The van der Waals surface area contributed by atoms with E-state index in [1.807, 2.05) is 0 Å². The van der Waals surface area contributed by atoms with Gasteiger partial charge in [-0.15, -0.1) is 0 Å². The molecule has 15 heavy (non-hydrogen) atoms. The predicted molar refractivity (Wildman–Crippen MR) is 53.9 cm³/mol. The third-order valence-electron chi connectivity index (χ3n) is 1.80. The van der Waals surface area contributed by atoms with E-state index in [1.165, 1.54) is 0 Å². The summed E-state index contributed by atoms with van der Waals surface area (Å²) < 4.78 is 18.3. The van der Waals surface area contributed by atoms with Crippen LogP contribution in [0.25, 0.3) is 0 Å². The first kappa shape index (κ1) is 14.5. The molecule has 0 fully saturated rings. The van der Waals surface area contributed by atoms with Crippen molar-refractivity contribution in [3.05, 3.63) is 12.8 Å². The van der Waals surface area contributed by atoms with Gasteiger partial charge in [-0.3, -0.25) is 0 Å². The molecule has 0 aliphatic carbocycles. The number of ether oxygens (including phenoxy) is 1. The van der Waals surface area contributed by atoms with E-state index in [0.717, 1.165) is 31.9 Å². The van der Waals surface area contributed by atoms with Crippen LogP contribution in [0, 0.1) is 0 Å². The molecule has 0 saturated carbocycles. The molecule has 0 aliphatic heterocycles. The van der Waals surface area contributed by atoms with Crippen molar-refractivity contribution in [2.75, 3.05) is 7.05 Å². The number of hydrogen-bond donors (Lipinski definition) is 1. The summed E-state index contributed by atoms with van der Waals surface area (Å²) in [6, 6.07) is 0. The van der Waals surface area contributed by atoms with Gasteiger partial charge in [0, 0.05) is 0 Å². The van der Waals surface area contributed by atoms with Gasteiger partial charge in [0.15, 0.2) is 0 Å². The Labute approximate surface area is 95.2 Å². The molecule has 0 amide bonds. The van der Waals surface area contributed by atoms with Gasteiger partial charge in [0.1, 0.15) is 0 Å². The molecule has 4 nitrogen and oxygen atoms in total. The van der Waals surface area contributed by atoms with Gasteiger partial charge < -0.3 is 0 Å². The molecular formula is C10H19CoNO3. The van der Waals surface area contributed by atoms with Gasteiger partial charge in [-0.05, 0) is 0 Å². The van der Waals surface area contributed by atoms with E-state index in [-0.39, 0.29) is 5.97 Å². The number of carbonyl (C=O) groups excluding carboxylic acids is 1. The first-order valence-corrected chi connectivity index (χ1v) is 6.63. The van der Waals surface area contributed by atoms with Crippen molar-refractivity contribution >= 4 is 5.97 Å². The van der Waals surface area contributed by atoms with Crippen LogP contribution in [0.2, 0.25) is 5.36 Å². The van der Waals surface area contributed by atoms with E-state index in [1.54, 1.807) is 7.05 Å². The Balaban J connectivity index is 3.21. The Kier molecular flexibility index (Phi) is 9.66. The Morgan fingerprint density at radius 2 is 2.07 bits per heavy atom. The van der Waals surface area contributed by atoms with Crippen molar-refractivity contribution in [3.8, 4) is 0 Å². The van der Waals surface area contributed by atoms with Gasteiger partial charge in [-0.1, -0.05) is 0 Å². The molecule has 0 unspecified atom stereocenters. The summed E-state index contributed by atoms with van der Waals surface area (Å²) in [4.78, 5) is 10.9. The van der Waals surface area contributed by atoms with Crippen LogP contribution < -0.4 is 4.37 Å². The first-order chi connectivity index (χ1) is 7.20. The normalized spacial score (nSPS) is 10.9. The van der Waals surface area contributed by atoms with Crippen molar-refractivity contribution < 1.29 is 27.2 Å². The fourth-order valence-corrected chi connectivity index (χ4v) is 1.90. The maximum atomic E-state index is 11.0. The van der Waals surface area contributed by atoms with Gasteiger partial charge in [-0.25, -0.2) is 0 Å². The molecule has 5 heteroatoms. The van der Waals surface area contributed by atoms with E-state index in [9.17, 15) is 8.66 Å². The fraction of sp³-hybridized carbons (Fsp3) is 0.700. The van der Waals surface area contributed by atoms with Crippen molar-refractivity contribution in [1.29, 1.82) is 0 Å². The summed E-state index contributed by atoms with van der Waals surface area (Å²) in [6.45, 7) is 3.30. The minimum absolute atomic E-state index is 0.230. The first-order valence-electron chi connectivity index (χ1n) is 4.94. The van der Waals surface area contributed by atoms with Crippen LogP contribution in [0.4, 0.5) is 0 Å². The van der Waals surface area contributed by atoms with E-state index in [0.29, 0.717) is 11.8 Å². The summed E-state index contributed by atoms with van der Waals surface area (Å²) in [7, 11) is 1.70. The van der Waals surface area contributed by atoms with Gasteiger partial charge in [0.05, 0.1) is 0 Å². The van der Waals surface area contributed by atoms with Gasteiger partial charge in [-0.2, -0.15) is 0 Å². The van der Waals surface area contributed by atoms with E-state index < -0.39 is 13.8 Å². The van der Waals surface area contributed by atoms with Gasteiger partial charge in [0.2, 0.25) is 0 Å². The van der Waals surface area contributed by atoms with E-state index in [2.05, 4.69) is 15.7 Å². The minimum atomic E-state index is -1.20. The summed E-state index contributed by atoms with van der Waals surface area (Å²) in [5.74, 6) is -0.230. The number of unbranched alkanes of at least 4 members (excludes halogenated alkanes) is 3. The summed E-state index contributed by atoms with van der Waals surface area (Å²) in [5, 5.41) is 0.709. The van der Waals surface area contributed by atoms with Crippen LogP contribution >= 0.6 is 0 Å². The van der Waals surface area contributed by atoms with E-state index in [4.69, 9.17) is 0 Å². The molecule has 0 saturated heterocycles. The standard InChI is InChI=1S/C9H15O2.CH4N.Co.O/c1-3-5-6-7-8-9(10)11-4-2;1-2;;/h4H,1-3,5-8H2;2H,1H3;;/q;-1;+1;. The summed E-state index contributed by atoms with van der Waals surface area (Å²) >= 11 is -1.20. The molecular weight excluding hydrogens is 241 g/mol. The summed E-state index contributed by atoms with van der Waals surface area (Å²) in [6.07, 6.45) is 5.32. The van der Waals surface area contributed by atoms with Gasteiger partial charge >= 0.3 is 94.9 Å². The van der Waals surface area contributed by atoms with Crippen LogP contribution in [-0.4, -0.2) is 13.0 Å². The average Bonchev–Trinajstić information content (AvgIpc) is 2.23. The number of carbonyl (C=O) groups is 1. The van der Waals surface area contributed by atoms with Crippen LogP contribution in [-0.2, 0) is 27.2 Å². The second-order valence-corrected chi connectivity index (χ2v) is 4.86. The van der Waals surface area contributed by atoms with Crippen molar-refractivity contribution in [1.82, 2.24) is 4.37 Å². The van der Waals surface area contributed by atoms with Crippen LogP contribution in [0.1, 0.15) is 32.1 Å². The molecule has 0 aromatic heterocycles. The molecule has 1 N–H and O–H groups in total. The monoisotopic (exact) mass is 260 g/mol. The zero-order valence-electron chi connectivity index (χ0n) is 9.09. The molecule has 0 spiro atoms. The number of hydrogen-bond acceptors (Lipinski definition) is 3. The second kappa shape index (κ2) is 10.0. The second-order valence-electron chi connectivity index (χ2n) is 2.94. The molecule has 0 atom stereocenters. The Morgan fingerprint density at radius 1 is 1.40 bits per heavy atom. The number of rotatable bonds is 9. The Bertz CT molecular complexity index is 219. The van der Waals surface area contributed by atoms with Gasteiger partial charge in [0.25, 0.3) is 0 Å². The quantitative estimate of drug-likeness (QED) is 0.392. The number of nitrogens with one attached hydrogen (secondary N) is 1. The molecule has 0 rings (SSSR count). The third kappa shape index (κ3) is 9.77. The molecule has 0 aromatic carbocycles. The van der Waals surface area contributed by atoms with Crippen LogP contribution in [0.5, 0.6) is 0 Å². The maximum absolute atomic E-state index is 11.0. The zero-order chi connectivity index (χ0) is 11.5. The number of esters is 1. The Hall–Kier alpha value is -0.524. The molecule has 0 aliphatic rings. The van der Waals surface area contributed by atoms with Crippen LogP contribution in [0.3, 0.4) is 0 Å². The topological polar surface area (TPSA) is 55.4 Å². The Morgan fingerprint density at radius 3 is 2.67 bits per heavy atom. The molecule has 91 valence electrons. The molecule has 0 bridgehead atoms. The molecule has 0 radical (unpaired) electrons. The predicted octanol–water partition coefficient (Wildman–Crippen LogP) is 2.14. The average molecular weight is 260 g/mol. The summed E-state index contributed by atoms with van der Waals surface area (Å²) in [5.41, 5.74) is 0. The van der Waals surface area contributed by atoms with Crippen LogP contribution in [0.15, 0.2) is 12.8 Å². The van der Waals surface area contributed by atoms with Crippen molar-refractivity contribution in [2.45, 2.75) is 37.5 Å². The van der Waals surface area contributed by atoms with E-state index >= 15 is 0 Å². The molecule has 0 heterocycles. The zero-order valence-corrected chi connectivity index (χ0v) is 10.1. The van der Waals surface area contributed by atoms with Crippen molar-refractivity contribution in [3.63, 3.8) is 0 Å². The fourth-order valence-electron chi connectivity index (χ4n) is 1.05. The third-order valence-corrected chi connectivity index (χ3v) is 3.22. The molecule has 0 aromatic rings. The van der Waals surface area contributed by atoms with Crippen molar-refractivity contribution in [2.24, 2.45) is 0 Å². The SMILES string of the molecule is C=COC(=O)CCCCC[CH2][Co](=[O])[NH]C.